The molecule has 1 heterocycles. The van der Waals surface area contributed by atoms with Gasteiger partial charge in [-0.05, 0) is 48.1 Å². The average molecular weight is 250 g/mol. The maximum Gasteiger partial charge on any atom is 0.0992 e. The van der Waals surface area contributed by atoms with Gasteiger partial charge in [0.15, 0.2) is 0 Å². The molecule has 0 aromatic heterocycles. The van der Waals surface area contributed by atoms with Crippen molar-refractivity contribution in [1.82, 2.24) is 0 Å². The van der Waals surface area contributed by atoms with Gasteiger partial charge in [-0.25, -0.2) is 0 Å². The zero-order valence-electron chi connectivity index (χ0n) is 11.2. The van der Waals surface area contributed by atoms with Crippen LogP contribution in [0.2, 0.25) is 0 Å². The molecule has 2 rings (SSSR count). The van der Waals surface area contributed by atoms with Crippen LogP contribution >= 0.6 is 11.8 Å². The van der Waals surface area contributed by atoms with Crippen LogP contribution in [0.5, 0.6) is 0 Å². The fourth-order valence-electron chi connectivity index (χ4n) is 2.61. The highest BCUT2D eigenvalue weighted by Crippen LogP contribution is 2.44. The molecule has 1 aromatic carbocycles. The third kappa shape index (κ3) is 2.69. The van der Waals surface area contributed by atoms with Crippen LogP contribution in [-0.4, -0.2) is 16.6 Å². The van der Waals surface area contributed by atoms with E-state index in [4.69, 9.17) is 0 Å². The summed E-state index contributed by atoms with van der Waals surface area (Å²) in [5.41, 5.74) is 3.21. The van der Waals surface area contributed by atoms with Crippen molar-refractivity contribution < 1.29 is 5.11 Å². The van der Waals surface area contributed by atoms with E-state index in [1.54, 1.807) is 0 Å². The van der Waals surface area contributed by atoms with Gasteiger partial charge >= 0.3 is 0 Å². The van der Waals surface area contributed by atoms with Crippen LogP contribution in [0, 0.1) is 19.3 Å². The largest absolute Gasteiger partial charge is 0.384 e. The quantitative estimate of drug-likeness (QED) is 0.821. The SMILES string of the molecule is Cc1ccc(C2(O)CSCC(C)(C)C2)cc1C. The Bertz CT molecular complexity index is 425. The Morgan fingerprint density at radius 3 is 2.41 bits per heavy atom. The standard InChI is InChI=1S/C15H22OS/c1-11-5-6-13(7-12(11)2)15(16)8-14(3,4)9-17-10-15/h5-7,16H,8-10H2,1-4H3. The molecule has 1 unspecified atom stereocenters. The number of hydrogen-bond acceptors (Lipinski definition) is 2. The fourth-order valence-corrected chi connectivity index (χ4v) is 3.97. The van der Waals surface area contributed by atoms with Crippen molar-refractivity contribution in [3.8, 4) is 0 Å². The van der Waals surface area contributed by atoms with E-state index in [1.807, 2.05) is 11.8 Å². The Morgan fingerprint density at radius 1 is 1.12 bits per heavy atom. The van der Waals surface area contributed by atoms with E-state index in [2.05, 4.69) is 45.9 Å². The first kappa shape index (κ1) is 13.0. The summed E-state index contributed by atoms with van der Waals surface area (Å²) in [4.78, 5) is 0. The van der Waals surface area contributed by atoms with E-state index < -0.39 is 5.60 Å². The number of benzene rings is 1. The van der Waals surface area contributed by atoms with Gasteiger partial charge in [-0.2, -0.15) is 11.8 Å². The Labute approximate surface area is 109 Å². The molecular formula is C15H22OS. The normalized spacial score (nSPS) is 28.1. The number of hydrogen-bond donors (Lipinski definition) is 1. The lowest BCUT2D eigenvalue weighted by Gasteiger charge is -2.41. The molecule has 1 aliphatic heterocycles. The van der Waals surface area contributed by atoms with Gasteiger partial charge in [0.1, 0.15) is 0 Å². The highest BCUT2D eigenvalue weighted by Gasteiger charge is 2.40. The van der Waals surface area contributed by atoms with Crippen molar-refractivity contribution >= 4 is 11.8 Å². The molecule has 1 N–H and O–H groups in total. The highest BCUT2D eigenvalue weighted by atomic mass is 32.2. The molecule has 17 heavy (non-hydrogen) atoms. The summed E-state index contributed by atoms with van der Waals surface area (Å²) in [5, 5.41) is 10.9. The van der Waals surface area contributed by atoms with Gasteiger partial charge in [-0.1, -0.05) is 32.0 Å². The number of aryl methyl sites for hydroxylation is 2. The number of thioether (sulfide) groups is 1. The molecule has 2 heteroatoms. The summed E-state index contributed by atoms with van der Waals surface area (Å²) < 4.78 is 0. The summed E-state index contributed by atoms with van der Waals surface area (Å²) in [6.07, 6.45) is 0.857. The van der Waals surface area contributed by atoms with E-state index in [0.29, 0.717) is 0 Å². The highest BCUT2D eigenvalue weighted by molar-refractivity contribution is 7.99. The van der Waals surface area contributed by atoms with E-state index in [0.717, 1.165) is 23.5 Å². The van der Waals surface area contributed by atoms with Crippen molar-refractivity contribution in [2.75, 3.05) is 11.5 Å². The third-order valence-corrected chi connectivity index (χ3v) is 5.32. The van der Waals surface area contributed by atoms with Gasteiger partial charge in [0.05, 0.1) is 5.60 Å². The van der Waals surface area contributed by atoms with Crippen molar-refractivity contribution in [1.29, 1.82) is 0 Å². The number of rotatable bonds is 1. The fraction of sp³-hybridized carbons (Fsp3) is 0.600. The van der Waals surface area contributed by atoms with Crippen LogP contribution in [0.3, 0.4) is 0 Å². The second kappa shape index (κ2) is 4.33. The van der Waals surface area contributed by atoms with Crippen molar-refractivity contribution in [3.05, 3.63) is 34.9 Å². The summed E-state index contributed by atoms with van der Waals surface area (Å²) in [6, 6.07) is 6.36. The average Bonchev–Trinajstić information content (AvgIpc) is 2.20. The molecule has 1 aliphatic rings. The minimum Gasteiger partial charge on any atom is -0.384 e. The van der Waals surface area contributed by atoms with Gasteiger partial charge < -0.3 is 5.11 Å². The van der Waals surface area contributed by atoms with Crippen LogP contribution in [-0.2, 0) is 5.60 Å². The summed E-state index contributed by atoms with van der Waals surface area (Å²) >= 11 is 1.86. The Morgan fingerprint density at radius 2 is 1.82 bits per heavy atom. The van der Waals surface area contributed by atoms with Crippen molar-refractivity contribution in [2.24, 2.45) is 5.41 Å². The smallest absolute Gasteiger partial charge is 0.0992 e. The summed E-state index contributed by atoms with van der Waals surface area (Å²) in [5.74, 6) is 1.96. The Hall–Kier alpha value is -0.470. The van der Waals surface area contributed by atoms with Crippen molar-refractivity contribution in [3.63, 3.8) is 0 Å². The summed E-state index contributed by atoms with van der Waals surface area (Å²) in [6.45, 7) is 8.71. The molecule has 1 atom stereocenters. The molecule has 0 radical (unpaired) electrons. The first-order valence-corrected chi connectivity index (χ1v) is 7.36. The molecule has 0 bridgehead atoms. The topological polar surface area (TPSA) is 20.2 Å². The first-order valence-electron chi connectivity index (χ1n) is 6.20. The zero-order valence-corrected chi connectivity index (χ0v) is 12.0. The minimum atomic E-state index is -0.648. The van der Waals surface area contributed by atoms with Crippen LogP contribution in [0.1, 0.15) is 37.0 Å². The van der Waals surface area contributed by atoms with E-state index in [9.17, 15) is 5.11 Å². The molecule has 94 valence electrons. The Kier molecular flexibility index (Phi) is 3.30. The zero-order chi connectivity index (χ0) is 12.7. The van der Waals surface area contributed by atoms with E-state index >= 15 is 0 Å². The van der Waals surface area contributed by atoms with Gasteiger partial charge in [0.25, 0.3) is 0 Å². The van der Waals surface area contributed by atoms with Crippen molar-refractivity contribution in [2.45, 2.75) is 39.7 Å². The predicted octanol–water partition coefficient (Wildman–Crippen LogP) is 3.65. The monoisotopic (exact) mass is 250 g/mol. The third-order valence-electron chi connectivity index (χ3n) is 3.65. The van der Waals surface area contributed by atoms with Crippen LogP contribution in [0.25, 0.3) is 0 Å². The lowest BCUT2D eigenvalue weighted by Crippen LogP contribution is -2.40. The predicted molar refractivity (Wildman–Crippen MR) is 75.5 cm³/mol. The maximum atomic E-state index is 10.9. The van der Waals surface area contributed by atoms with Gasteiger partial charge in [-0.15, -0.1) is 0 Å². The van der Waals surface area contributed by atoms with Crippen LogP contribution in [0.15, 0.2) is 18.2 Å². The molecule has 1 saturated heterocycles. The molecule has 0 aliphatic carbocycles. The molecule has 0 amide bonds. The van der Waals surface area contributed by atoms with Gasteiger partial charge in [0, 0.05) is 5.75 Å². The maximum absolute atomic E-state index is 10.9. The Balaban J connectivity index is 2.34. The second-order valence-electron chi connectivity index (χ2n) is 6.16. The van der Waals surface area contributed by atoms with Crippen LogP contribution < -0.4 is 0 Å². The number of aliphatic hydroxyl groups is 1. The first-order chi connectivity index (χ1) is 7.82. The molecule has 0 spiro atoms. The lowest BCUT2D eigenvalue weighted by atomic mass is 9.78. The van der Waals surface area contributed by atoms with Gasteiger partial charge in [-0.3, -0.25) is 0 Å². The molecule has 1 aromatic rings. The second-order valence-corrected chi connectivity index (χ2v) is 7.15. The molecular weight excluding hydrogens is 228 g/mol. The van der Waals surface area contributed by atoms with Crippen LogP contribution in [0.4, 0.5) is 0 Å². The minimum absolute atomic E-state index is 0.219. The van der Waals surface area contributed by atoms with E-state index in [1.165, 1.54) is 11.1 Å². The molecule has 1 nitrogen and oxygen atoms in total. The van der Waals surface area contributed by atoms with E-state index in [-0.39, 0.29) is 5.41 Å². The molecule has 1 fully saturated rings. The lowest BCUT2D eigenvalue weighted by molar-refractivity contribution is 0.0156. The molecule has 0 saturated carbocycles. The van der Waals surface area contributed by atoms with Gasteiger partial charge in [0.2, 0.25) is 0 Å². The summed E-state index contributed by atoms with van der Waals surface area (Å²) in [7, 11) is 0.